The van der Waals surface area contributed by atoms with Crippen LogP contribution in [-0.4, -0.2) is 45.2 Å². The van der Waals surface area contributed by atoms with Crippen LogP contribution in [0, 0.1) is 12.3 Å². The molecule has 1 aromatic heterocycles. The van der Waals surface area contributed by atoms with Crippen molar-refractivity contribution in [2.45, 2.75) is 40.0 Å². The van der Waals surface area contributed by atoms with Crippen molar-refractivity contribution < 1.29 is 14.7 Å². The van der Waals surface area contributed by atoms with E-state index in [1.807, 2.05) is 6.92 Å². The SMILES string of the molecule is CCc1nnc(C)cc1C(=O)N1CCCC(C)(C(=O)O)C1. The number of hydrogen-bond donors (Lipinski definition) is 1. The van der Waals surface area contributed by atoms with Crippen molar-refractivity contribution in [3.63, 3.8) is 0 Å². The second kappa shape index (κ2) is 5.79. The molecule has 1 aromatic rings. The first-order valence-corrected chi connectivity index (χ1v) is 7.23. The molecule has 1 fully saturated rings. The molecule has 0 spiro atoms. The van der Waals surface area contributed by atoms with Crippen LogP contribution in [0.4, 0.5) is 0 Å². The maximum atomic E-state index is 12.7. The smallest absolute Gasteiger partial charge is 0.311 e. The third-order valence-electron chi connectivity index (χ3n) is 4.06. The quantitative estimate of drug-likeness (QED) is 0.916. The van der Waals surface area contributed by atoms with Gasteiger partial charge < -0.3 is 10.0 Å². The number of carboxylic acid groups (broad SMARTS) is 1. The highest BCUT2D eigenvalue weighted by Crippen LogP contribution is 2.30. The Labute approximate surface area is 124 Å². The highest BCUT2D eigenvalue weighted by molar-refractivity contribution is 5.95. The van der Waals surface area contributed by atoms with E-state index in [0.29, 0.717) is 42.8 Å². The molecule has 1 unspecified atom stereocenters. The second-order valence-corrected chi connectivity index (χ2v) is 5.90. The Morgan fingerprint density at radius 3 is 2.76 bits per heavy atom. The molecule has 2 rings (SSSR count). The van der Waals surface area contributed by atoms with Crippen molar-refractivity contribution in [1.29, 1.82) is 0 Å². The number of carbonyl (C=O) groups is 2. The average Bonchev–Trinajstić information content (AvgIpc) is 2.46. The van der Waals surface area contributed by atoms with Gasteiger partial charge in [-0.3, -0.25) is 9.59 Å². The zero-order valence-electron chi connectivity index (χ0n) is 12.7. The average molecular weight is 291 g/mol. The minimum Gasteiger partial charge on any atom is -0.481 e. The van der Waals surface area contributed by atoms with Gasteiger partial charge in [0.15, 0.2) is 0 Å². The molecule has 0 bridgehead atoms. The third kappa shape index (κ3) is 3.04. The Bertz CT molecular complexity index is 573. The summed E-state index contributed by atoms with van der Waals surface area (Å²) in [5.41, 5.74) is 1.02. The molecule has 0 radical (unpaired) electrons. The monoisotopic (exact) mass is 291 g/mol. The van der Waals surface area contributed by atoms with Crippen molar-refractivity contribution in [2.75, 3.05) is 13.1 Å². The summed E-state index contributed by atoms with van der Waals surface area (Å²) < 4.78 is 0. The minimum absolute atomic E-state index is 0.142. The number of hydrogen-bond acceptors (Lipinski definition) is 4. The van der Waals surface area contributed by atoms with Gasteiger partial charge in [0, 0.05) is 13.1 Å². The largest absolute Gasteiger partial charge is 0.481 e. The number of aliphatic carboxylic acids is 1. The maximum absolute atomic E-state index is 12.7. The van der Waals surface area contributed by atoms with Gasteiger partial charge in [-0.15, -0.1) is 0 Å². The highest BCUT2D eigenvalue weighted by atomic mass is 16.4. The van der Waals surface area contributed by atoms with Gasteiger partial charge in [0.1, 0.15) is 0 Å². The first kappa shape index (κ1) is 15.4. The lowest BCUT2D eigenvalue weighted by atomic mass is 9.82. The van der Waals surface area contributed by atoms with Crippen LogP contribution in [-0.2, 0) is 11.2 Å². The summed E-state index contributed by atoms with van der Waals surface area (Å²) in [5, 5.41) is 17.4. The number of likely N-dealkylation sites (tertiary alicyclic amines) is 1. The summed E-state index contributed by atoms with van der Waals surface area (Å²) in [7, 11) is 0. The maximum Gasteiger partial charge on any atom is 0.311 e. The van der Waals surface area contributed by atoms with Crippen molar-refractivity contribution in [3.8, 4) is 0 Å². The molecule has 6 nitrogen and oxygen atoms in total. The standard InChI is InChI=1S/C15H21N3O3/c1-4-12-11(8-10(2)16-17-12)13(19)18-7-5-6-15(3,9-18)14(20)21/h8H,4-7,9H2,1-3H3,(H,20,21). The van der Waals surface area contributed by atoms with Gasteiger partial charge in [-0.1, -0.05) is 6.92 Å². The van der Waals surface area contributed by atoms with E-state index >= 15 is 0 Å². The Kier molecular flexibility index (Phi) is 4.25. The minimum atomic E-state index is -0.865. The van der Waals surface area contributed by atoms with Gasteiger partial charge in [-0.05, 0) is 39.2 Å². The Hall–Kier alpha value is -1.98. The first-order valence-electron chi connectivity index (χ1n) is 7.23. The number of carboxylic acids is 1. The lowest BCUT2D eigenvalue weighted by Crippen LogP contribution is -2.48. The molecule has 114 valence electrons. The van der Waals surface area contributed by atoms with Crippen LogP contribution in [0.25, 0.3) is 0 Å². The van der Waals surface area contributed by atoms with Gasteiger partial charge in [0.05, 0.1) is 22.4 Å². The molecule has 1 aliphatic heterocycles. The summed E-state index contributed by atoms with van der Waals surface area (Å²) in [5.74, 6) is -0.989. The van der Waals surface area contributed by atoms with E-state index in [-0.39, 0.29) is 12.5 Å². The fraction of sp³-hybridized carbons (Fsp3) is 0.600. The molecule has 0 saturated carbocycles. The van der Waals surface area contributed by atoms with Crippen LogP contribution in [0.2, 0.25) is 0 Å². The summed E-state index contributed by atoms with van der Waals surface area (Å²) in [6.45, 7) is 6.25. The number of aryl methyl sites for hydroxylation is 2. The predicted octanol–water partition coefficient (Wildman–Crippen LogP) is 1.67. The molecule has 0 aliphatic carbocycles. The number of amides is 1. The molecular formula is C15H21N3O3. The normalized spacial score (nSPS) is 22.1. The van der Waals surface area contributed by atoms with Crippen LogP contribution in [0.15, 0.2) is 6.07 Å². The van der Waals surface area contributed by atoms with E-state index in [1.54, 1.807) is 24.8 Å². The van der Waals surface area contributed by atoms with Crippen molar-refractivity contribution in [2.24, 2.45) is 5.41 Å². The molecular weight excluding hydrogens is 270 g/mol. The Balaban J connectivity index is 2.28. The van der Waals surface area contributed by atoms with E-state index in [2.05, 4.69) is 10.2 Å². The van der Waals surface area contributed by atoms with Crippen molar-refractivity contribution >= 4 is 11.9 Å². The Morgan fingerprint density at radius 2 is 2.14 bits per heavy atom. The summed E-state index contributed by atoms with van der Waals surface area (Å²) >= 11 is 0. The molecule has 6 heteroatoms. The summed E-state index contributed by atoms with van der Waals surface area (Å²) in [6.07, 6.45) is 1.92. The van der Waals surface area contributed by atoms with Gasteiger partial charge >= 0.3 is 5.97 Å². The molecule has 1 amide bonds. The van der Waals surface area contributed by atoms with Crippen LogP contribution in [0.1, 0.15) is 48.4 Å². The van der Waals surface area contributed by atoms with Crippen molar-refractivity contribution in [1.82, 2.24) is 15.1 Å². The van der Waals surface area contributed by atoms with E-state index in [4.69, 9.17) is 0 Å². The fourth-order valence-electron chi connectivity index (χ4n) is 2.72. The van der Waals surface area contributed by atoms with E-state index < -0.39 is 11.4 Å². The number of carbonyl (C=O) groups excluding carboxylic acids is 1. The number of aromatic nitrogens is 2. The second-order valence-electron chi connectivity index (χ2n) is 5.90. The lowest BCUT2D eigenvalue weighted by Gasteiger charge is -2.37. The fourth-order valence-corrected chi connectivity index (χ4v) is 2.72. The summed E-state index contributed by atoms with van der Waals surface area (Å²) in [4.78, 5) is 25.7. The van der Waals surface area contributed by atoms with Crippen LogP contribution >= 0.6 is 0 Å². The lowest BCUT2D eigenvalue weighted by molar-refractivity contribution is -0.150. The van der Waals surface area contributed by atoms with E-state index in [0.717, 1.165) is 0 Å². The molecule has 1 aliphatic rings. The number of piperidine rings is 1. The van der Waals surface area contributed by atoms with Crippen LogP contribution < -0.4 is 0 Å². The highest BCUT2D eigenvalue weighted by Gasteiger charge is 2.39. The number of rotatable bonds is 3. The molecule has 0 aromatic carbocycles. The third-order valence-corrected chi connectivity index (χ3v) is 4.06. The van der Waals surface area contributed by atoms with Crippen molar-refractivity contribution in [3.05, 3.63) is 23.0 Å². The molecule has 1 atom stereocenters. The van der Waals surface area contributed by atoms with Gasteiger partial charge in [-0.2, -0.15) is 10.2 Å². The van der Waals surface area contributed by atoms with Crippen LogP contribution in [0.3, 0.4) is 0 Å². The Morgan fingerprint density at radius 1 is 1.43 bits per heavy atom. The topological polar surface area (TPSA) is 83.4 Å². The number of nitrogens with zero attached hydrogens (tertiary/aromatic N) is 3. The molecule has 21 heavy (non-hydrogen) atoms. The zero-order valence-corrected chi connectivity index (χ0v) is 12.7. The van der Waals surface area contributed by atoms with Gasteiger partial charge in [0.25, 0.3) is 5.91 Å². The van der Waals surface area contributed by atoms with E-state index in [9.17, 15) is 14.7 Å². The van der Waals surface area contributed by atoms with Gasteiger partial charge in [0.2, 0.25) is 0 Å². The zero-order chi connectivity index (χ0) is 15.6. The first-order chi connectivity index (χ1) is 9.87. The molecule has 2 heterocycles. The predicted molar refractivity (Wildman–Crippen MR) is 77.0 cm³/mol. The molecule has 1 N–H and O–H groups in total. The summed E-state index contributed by atoms with van der Waals surface area (Å²) in [6, 6.07) is 1.74. The van der Waals surface area contributed by atoms with Gasteiger partial charge in [-0.25, -0.2) is 0 Å². The van der Waals surface area contributed by atoms with E-state index in [1.165, 1.54) is 0 Å². The molecule has 1 saturated heterocycles. The van der Waals surface area contributed by atoms with Crippen LogP contribution in [0.5, 0.6) is 0 Å².